The molecule has 0 saturated carbocycles. The van der Waals surface area contributed by atoms with Crippen LogP contribution in [-0.2, 0) is 9.59 Å². The first-order valence-corrected chi connectivity index (χ1v) is 10.5. The molecule has 0 radical (unpaired) electrons. The van der Waals surface area contributed by atoms with Crippen LogP contribution < -0.4 is 4.90 Å². The minimum Gasteiger partial charge on any atom is -0.507 e. The predicted octanol–water partition coefficient (Wildman–Crippen LogP) is 3.43. The molecule has 1 unspecified atom stereocenters. The third-order valence-electron chi connectivity index (χ3n) is 5.59. The maximum Gasteiger partial charge on any atom is 0.295 e. The minimum atomic E-state index is -0.635. The van der Waals surface area contributed by atoms with E-state index in [0.717, 1.165) is 29.8 Å². The van der Waals surface area contributed by atoms with Gasteiger partial charge in [-0.25, -0.2) is 0 Å². The van der Waals surface area contributed by atoms with Gasteiger partial charge in [-0.05, 0) is 51.7 Å². The standard InChI is InChI=1S/C25H31N3O3/c1-17-7-9-19(10-8-17)23(29)21-22(18-11-13-20(14-12-18)27(4)5)28(25(31)24(21)30)16-6-15-26(2)3/h7-14,22,29H,6,15-16H2,1-5H3/b23-21-. The van der Waals surface area contributed by atoms with E-state index < -0.39 is 17.7 Å². The number of Topliss-reactive ketones (excluding diaryl/α,β-unsaturated/α-hetero) is 1. The largest absolute Gasteiger partial charge is 0.507 e. The summed E-state index contributed by atoms with van der Waals surface area (Å²) in [4.78, 5) is 31.6. The number of hydrogen-bond donors (Lipinski definition) is 1. The van der Waals surface area contributed by atoms with Gasteiger partial charge < -0.3 is 19.8 Å². The number of carbonyl (C=O) groups excluding carboxylic acids is 2. The van der Waals surface area contributed by atoms with Crippen molar-refractivity contribution in [3.63, 3.8) is 0 Å². The maximum atomic E-state index is 13.0. The van der Waals surface area contributed by atoms with Crippen LogP contribution in [0.25, 0.3) is 5.76 Å². The fraction of sp³-hybridized carbons (Fsp3) is 0.360. The van der Waals surface area contributed by atoms with E-state index in [0.29, 0.717) is 12.1 Å². The molecule has 6 nitrogen and oxygen atoms in total. The summed E-state index contributed by atoms with van der Waals surface area (Å²) in [6.45, 7) is 3.20. The lowest BCUT2D eigenvalue weighted by atomic mass is 9.95. The Balaban J connectivity index is 2.08. The lowest BCUT2D eigenvalue weighted by Gasteiger charge is -2.26. The molecule has 2 aromatic rings. The lowest BCUT2D eigenvalue weighted by molar-refractivity contribution is -0.139. The lowest BCUT2D eigenvalue weighted by Crippen LogP contribution is -2.32. The van der Waals surface area contributed by atoms with Crippen LogP contribution >= 0.6 is 0 Å². The number of anilines is 1. The van der Waals surface area contributed by atoms with E-state index in [4.69, 9.17) is 0 Å². The van der Waals surface area contributed by atoms with Crippen molar-refractivity contribution < 1.29 is 14.7 Å². The number of aliphatic hydroxyl groups is 1. The molecule has 1 fully saturated rings. The molecule has 1 amide bonds. The highest BCUT2D eigenvalue weighted by atomic mass is 16.3. The van der Waals surface area contributed by atoms with Crippen LogP contribution in [0, 0.1) is 6.92 Å². The summed E-state index contributed by atoms with van der Waals surface area (Å²) in [5.41, 5.74) is 3.56. The molecule has 1 saturated heterocycles. The molecule has 2 aromatic carbocycles. The second-order valence-corrected chi connectivity index (χ2v) is 8.50. The summed E-state index contributed by atoms with van der Waals surface area (Å²) >= 11 is 0. The third-order valence-corrected chi connectivity index (χ3v) is 5.59. The van der Waals surface area contributed by atoms with Gasteiger partial charge in [-0.3, -0.25) is 9.59 Å². The summed E-state index contributed by atoms with van der Waals surface area (Å²) in [6.07, 6.45) is 0.733. The van der Waals surface area contributed by atoms with E-state index >= 15 is 0 Å². The topological polar surface area (TPSA) is 64.1 Å². The molecule has 164 valence electrons. The van der Waals surface area contributed by atoms with E-state index in [9.17, 15) is 14.7 Å². The number of benzene rings is 2. The summed E-state index contributed by atoms with van der Waals surface area (Å²) in [5.74, 6) is -1.33. The Morgan fingerprint density at radius 2 is 1.58 bits per heavy atom. The summed E-state index contributed by atoms with van der Waals surface area (Å²) in [5, 5.41) is 11.1. The molecule has 31 heavy (non-hydrogen) atoms. The SMILES string of the molecule is Cc1ccc(/C(O)=C2/C(=O)C(=O)N(CCCN(C)C)C2c2ccc(N(C)C)cc2)cc1. The first-order valence-electron chi connectivity index (χ1n) is 10.5. The van der Waals surface area contributed by atoms with Gasteiger partial charge in [0.2, 0.25) is 0 Å². The molecule has 1 aliphatic rings. The number of nitrogens with zero attached hydrogens (tertiary/aromatic N) is 3. The molecular formula is C25H31N3O3. The molecule has 0 bridgehead atoms. The molecule has 6 heteroatoms. The van der Waals surface area contributed by atoms with Crippen LogP contribution in [-0.4, -0.2) is 67.9 Å². The van der Waals surface area contributed by atoms with Gasteiger partial charge in [0.25, 0.3) is 11.7 Å². The van der Waals surface area contributed by atoms with E-state index in [-0.39, 0.29) is 11.3 Å². The Morgan fingerprint density at radius 3 is 2.13 bits per heavy atom. The Hall–Kier alpha value is -3.12. The summed E-state index contributed by atoms with van der Waals surface area (Å²) in [7, 11) is 7.87. The Bertz CT molecular complexity index is 976. The van der Waals surface area contributed by atoms with Gasteiger partial charge in [-0.1, -0.05) is 42.0 Å². The Kier molecular flexibility index (Phi) is 6.81. The molecule has 1 N–H and O–H groups in total. The van der Waals surface area contributed by atoms with Gasteiger partial charge in [0.05, 0.1) is 11.6 Å². The first kappa shape index (κ1) is 22.6. The molecule has 0 aliphatic carbocycles. The fourth-order valence-electron chi connectivity index (χ4n) is 3.84. The predicted molar refractivity (Wildman–Crippen MR) is 124 cm³/mol. The number of carbonyl (C=O) groups is 2. The van der Waals surface area contributed by atoms with Gasteiger partial charge >= 0.3 is 0 Å². The summed E-state index contributed by atoms with van der Waals surface area (Å²) in [6, 6.07) is 14.5. The first-order chi connectivity index (χ1) is 14.7. The van der Waals surface area contributed by atoms with Crippen LogP contribution in [0.15, 0.2) is 54.1 Å². The molecule has 1 heterocycles. The molecule has 1 aliphatic heterocycles. The smallest absolute Gasteiger partial charge is 0.295 e. The Morgan fingerprint density at radius 1 is 0.968 bits per heavy atom. The van der Waals surface area contributed by atoms with Crippen molar-refractivity contribution in [2.75, 3.05) is 46.2 Å². The average Bonchev–Trinajstić information content (AvgIpc) is 2.98. The van der Waals surface area contributed by atoms with Crippen molar-refractivity contribution in [2.45, 2.75) is 19.4 Å². The quantitative estimate of drug-likeness (QED) is 0.422. The fourth-order valence-corrected chi connectivity index (χ4v) is 3.84. The van der Waals surface area contributed by atoms with Gasteiger partial charge in [-0.15, -0.1) is 0 Å². The highest BCUT2D eigenvalue weighted by Crippen LogP contribution is 2.39. The number of ketones is 1. The molecule has 0 aromatic heterocycles. The van der Waals surface area contributed by atoms with Crippen LogP contribution in [0.4, 0.5) is 5.69 Å². The highest BCUT2D eigenvalue weighted by molar-refractivity contribution is 6.46. The second kappa shape index (κ2) is 9.35. The van der Waals surface area contributed by atoms with Crippen molar-refractivity contribution in [3.8, 4) is 0 Å². The monoisotopic (exact) mass is 421 g/mol. The maximum absolute atomic E-state index is 13.0. The van der Waals surface area contributed by atoms with Crippen molar-refractivity contribution in [1.29, 1.82) is 0 Å². The summed E-state index contributed by atoms with van der Waals surface area (Å²) < 4.78 is 0. The second-order valence-electron chi connectivity index (χ2n) is 8.50. The number of aliphatic hydroxyl groups excluding tert-OH is 1. The molecule has 1 atom stereocenters. The van der Waals surface area contributed by atoms with Crippen LogP contribution in [0.5, 0.6) is 0 Å². The minimum absolute atomic E-state index is 0.129. The zero-order chi connectivity index (χ0) is 22.7. The average molecular weight is 422 g/mol. The zero-order valence-corrected chi connectivity index (χ0v) is 18.9. The zero-order valence-electron chi connectivity index (χ0n) is 18.9. The number of rotatable bonds is 7. The normalized spacial score (nSPS) is 18.1. The molecular weight excluding hydrogens is 390 g/mol. The number of likely N-dealkylation sites (tertiary alicyclic amines) is 1. The van der Waals surface area contributed by atoms with Crippen molar-refractivity contribution in [1.82, 2.24) is 9.80 Å². The third kappa shape index (κ3) is 4.80. The number of aryl methyl sites for hydroxylation is 1. The van der Waals surface area contributed by atoms with Gasteiger partial charge in [0, 0.05) is 31.9 Å². The molecule has 3 rings (SSSR count). The van der Waals surface area contributed by atoms with Gasteiger partial charge in [-0.2, -0.15) is 0 Å². The van der Waals surface area contributed by atoms with Crippen molar-refractivity contribution in [2.24, 2.45) is 0 Å². The van der Waals surface area contributed by atoms with E-state index in [1.54, 1.807) is 17.0 Å². The van der Waals surface area contributed by atoms with E-state index in [1.165, 1.54) is 0 Å². The van der Waals surface area contributed by atoms with E-state index in [2.05, 4.69) is 0 Å². The Labute approximate surface area is 184 Å². The number of amides is 1. The number of hydrogen-bond acceptors (Lipinski definition) is 5. The van der Waals surface area contributed by atoms with Crippen molar-refractivity contribution in [3.05, 3.63) is 70.8 Å². The van der Waals surface area contributed by atoms with Gasteiger partial charge in [0.1, 0.15) is 5.76 Å². The van der Waals surface area contributed by atoms with Gasteiger partial charge in [0.15, 0.2) is 0 Å². The highest BCUT2D eigenvalue weighted by Gasteiger charge is 2.45. The van der Waals surface area contributed by atoms with Crippen LogP contribution in [0.2, 0.25) is 0 Å². The van der Waals surface area contributed by atoms with Crippen molar-refractivity contribution >= 4 is 23.1 Å². The van der Waals surface area contributed by atoms with Crippen LogP contribution in [0.1, 0.15) is 29.2 Å². The van der Waals surface area contributed by atoms with E-state index in [1.807, 2.05) is 81.3 Å². The van der Waals surface area contributed by atoms with Crippen LogP contribution in [0.3, 0.4) is 0 Å². The molecule has 0 spiro atoms.